The van der Waals surface area contributed by atoms with Crippen LogP contribution in [0.15, 0.2) is 54.6 Å². The van der Waals surface area contributed by atoms with Crippen molar-refractivity contribution in [3.8, 4) is 0 Å². The maximum atomic E-state index is 13.5. The van der Waals surface area contributed by atoms with Crippen LogP contribution < -0.4 is 5.32 Å². The fourth-order valence-corrected chi connectivity index (χ4v) is 5.87. The first-order valence-electron chi connectivity index (χ1n) is 13.7. The smallest absolute Gasteiger partial charge is 0.328 e. The zero-order valence-electron chi connectivity index (χ0n) is 23.9. The lowest BCUT2D eigenvalue weighted by atomic mass is 9.63. The number of carbonyl (C=O) groups is 3. The van der Waals surface area contributed by atoms with E-state index in [9.17, 15) is 14.4 Å². The first-order chi connectivity index (χ1) is 18.5. The topological polar surface area (TPSA) is 72.5 Å². The molecule has 0 saturated carbocycles. The van der Waals surface area contributed by atoms with Gasteiger partial charge < -0.3 is 10.1 Å². The lowest BCUT2D eigenvalue weighted by molar-refractivity contribution is -0.145. The molecule has 1 atom stereocenters. The molecule has 1 aliphatic carbocycles. The van der Waals surface area contributed by atoms with Gasteiger partial charge in [0, 0.05) is 16.7 Å². The molecule has 0 fully saturated rings. The van der Waals surface area contributed by atoms with Gasteiger partial charge in [-0.1, -0.05) is 58.0 Å². The minimum atomic E-state index is -0.687. The van der Waals surface area contributed by atoms with Crippen molar-refractivity contribution in [3.63, 3.8) is 0 Å². The van der Waals surface area contributed by atoms with Gasteiger partial charge in [0.15, 0.2) is 5.78 Å². The summed E-state index contributed by atoms with van der Waals surface area (Å²) in [5.74, 6) is -0.0156. The molecule has 3 aromatic rings. The Bertz CT molecular complexity index is 1410. The van der Waals surface area contributed by atoms with Crippen LogP contribution in [0.5, 0.6) is 0 Å². The van der Waals surface area contributed by atoms with E-state index in [1.165, 1.54) is 11.1 Å². The molecule has 1 aliphatic rings. The third-order valence-corrected chi connectivity index (χ3v) is 8.61. The van der Waals surface area contributed by atoms with Crippen LogP contribution >= 0.6 is 11.8 Å². The standard InChI is InChI=1S/C33H39NO4S/c1-7-38-31(37)28(14-17-39-6)34-30(36)25-11-9-21-18-23(10-8-22(21)19-25)29(35)24-12-13-26-27(20-24)33(4,5)16-15-32(26,2)3/h8-13,18-20,28H,7,14-17H2,1-6H3,(H,34,36). The van der Waals surface area contributed by atoms with E-state index in [1.54, 1.807) is 30.8 Å². The number of benzene rings is 3. The molecule has 1 N–H and O–H groups in total. The number of amides is 1. The quantitative estimate of drug-likeness (QED) is 0.236. The van der Waals surface area contributed by atoms with Gasteiger partial charge in [0.2, 0.25) is 0 Å². The molecule has 1 amide bonds. The molecule has 3 aromatic carbocycles. The minimum absolute atomic E-state index is 0.00762. The zero-order chi connectivity index (χ0) is 28.4. The highest BCUT2D eigenvalue weighted by atomic mass is 32.2. The second kappa shape index (κ2) is 11.5. The summed E-state index contributed by atoms with van der Waals surface area (Å²) in [5, 5.41) is 4.55. The van der Waals surface area contributed by atoms with Crippen LogP contribution in [0.3, 0.4) is 0 Å². The predicted molar refractivity (Wildman–Crippen MR) is 160 cm³/mol. The molecule has 206 valence electrons. The lowest BCUT2D eigenvalue weighted by Gasteiger charge is -2.42. The minimum Gasteiger partial charge on any atom is -0.464 e. The molecule has 39 heavy (non-hydrogen) atoms. The second-order valence-electron chi connectivity index (χ2n) is 11.7. The molecule has 0 spiro atoms. The van der Waals surface area contributed by atoms with E-state index >= 15 is 0 Å². The van der Waals surface area contributed by atoms with Gasteiger partial charge in [-0.3, -0.25) is 9.59 Å². The van der Waals surface area contributed by atoms with Gasteiger partial charge in [0.1, 0.15) is 6.04 Å². The number of hydrogen-bond donors (Lipinski definition) is 1. The van der Waals surface area contributed by atoms with Crippen LogP contribution in [0.1, 0.15) is 91.3 Å². The molecular formula is C33H39NO4S. The Morgan fingerprint density at radius 2 is 1.41 bits per heavy atom. The average molecular weight is 546 g/mol. The monoisotopic (exact) mass is 545 g/mol. The summed E-state index contributed by atoms with van der Waals surface area (Å²) in [6.45, 7) is 11.1. The summed E-state index contributed by atoms with van der Waals surface area (Å²) in [6, 6.07) is 16.4. The third-order valence-electron chi connectivity index (χ3n) is 7.97. The Balaban J connectivity index is 1.57. The van der Waals surface area contributed by atoms with Crippen LogP contribution in [0.2, 0.25) is 0 Å². The molecule has 0 bridgehead atoms. The summed E-state index contributed by atoms with van der Waals surface area (Å²) in [5.41, 5.74) is 4.50. The molecule has 4 rings (SSSR count). The van der Waals surface area contributed by atoms with Gasteiger partial charge in [0.25, 0.3) is 5.91 Å². The van der Waals surface area contributed by atoms with E-state index in [0.717, 1.165) is 29.4 Å². The van der Waals surface area contributed by atoms with Gasteiger partial charge in [-0.25, -0.2) is 4.79 Å². The molecule has 0 radical (unpaired) electrons. The third kappa shape index (κ3) is 6.22. The molecule has 1 unspecified atom stereocenters. The van der Waals surface area contributed by atoms with E-state index < -0.39 is 12.0 Å². The van der Waals surface area contributed by atoms with E-state index in [0.29, 0.717) is 23.1 Å². The largest absolute Gasteiger partial charge is 0.464 e. The van der Waals surface area contributed by atoms with Crippen LogP contribution in [-0.4, -0.2) is 42.3 Å². The maximum Gasteiger partial charge on any atom is 0.328 e. The number of esters is 1. The van der Waals surface area contributed by atoms with Crippen molar-refractivity contribution in [2.45, 2.75) is 70.8 Å². The molecule has 0 aromatic heterocycles. The van der Waals surface area contributed by atoms with Gasteiger partial charge >= 0.3 is 5.97 Å². The Labute approximate surface area is 236 Å². The molecule has 5 nitrogen and oxygen atoms in total. The van der Waals surface area contributed by atoms with Crippen LogP contribution in [0, 0.1) is 0 Å². The maximum absolute atomic E-state index is 13.5. The summed E-state index contributed by atoms with van der Waals surface area (Å²) in [6.07, 6.45) is 4.68. The van der Waals surface area contributed by atoms with E-state index in [4.69, 9.17) is 4.74 Å². The number of hydrogen-bond acceptors (Lipinski definition) is 5. The highest BCUT2D eigenvalue weighted by Gasteiger charge is 2.37. The van der Waals surface area contributed by atoms with Gasteiger partial charge in [-0.05, 0) is 95.2 Å². The second-order valence-corrected chi connectivity index (χ2v) is 12.7. The fourth-order valence-electron chi connectivity index (χ4n) is 5.39. The Kier molecular flexibility index (Phi) is 8.55. The van der Waals surface area contributed by atoms with Crippen molar-refractivity contribution >= 4 is 40.2 Å². The van der Waals surface area contributed by atoms with Crippen LogP contribution in [-0.2, 0) is 20.4 Å². The summed E-state index contributed by atoms with van der Waals surface area (Å²) in [4.78, 5) is 38.8. The van der Waals surface area contributed by atoms with Crippen LogP contribution in [0.25, 0.3) is 10.8 Å². The van der Waals surface area contributed by atoms with Crippen molar-refractivity contribution in [3.05, 3.63) is 82.4 Å². The predicted octanol–water partition coefficient (Wildman–Crippen LogP) is 6.83. The van der Waals surface area contributed by atoms with Gasteiger partial charge in [0.05, 0.1) is 6.61 Å². The van der Waals surface area contributed by atoms with Gasteiger partial charge in [-0.15, -0.1) is 0 Å². The molecule has 6 heteroatoms. The Hall–Kier alpha value is -3.12. The normalized spacial score (nSPS) is 16.3. The van der Waals surface area contributed by atoms with Crippen molar-refractivity contribution in [2.24, 2.45) is 0 Å². The lowest BCUT2D eigenvalue weighted by Crippen LogP contribution is -2.42. The number of nitrogens with one attached hydrogen (secondary N) is 1. The summed E-state index contributed by atoms with van der Waals surface area (Å²) < 4.78 is 5.14. The summed E-state index contributed by atoms with van der Waals surface area (Å²) in [7, 11) is 0. The van der Waals surface area contributed by atoms with Crippen molar-refractivity contribution < 1.29 is 19.1 Å². The molecule has 0 aliphatic heterocycles. The molecular weight excluding hydrogens is 506 g/mol. The average Bonchev–Trinajstić information content (AvgIpc) is 2.92. The number of rotatable bonds is 9. The van der Waals surface area contributed by atoms with E-state index in [2.05, 4.69) is 45.1 Å². The fraction of sp³-hybridized carbons (Fsp3) is 0.424. The number of ether oxygens (including phenoxy) is 1. The van der Waals surface area contributed by atoms with Gasteiger partial charge in [-0.2, -0.15) is 11.8 Å². The van der Waals surface area contributed by atoms with E-state index in [-0.39, 0.29) is 29.1 Å². The highest BCUT2D eigenvalue weighted by molar-refractivity contribution is 7.98. The SMILES string of the molecule is CCOC(=O)C(CCSC)NC(=O)c1ccc2cc(C(=O)c3ccc4c(c3)C(C)(C)CCC4(C)C)ccc2c1. The number of ketones is 1. The first kappa shape index (κ1) is 28.9. The number of thioether (sulfide) groups is 1. The Morgan fingerprint density at radius 1 is 0.846 bits per heavy atom. The summed E-state index contributed by atoms with van der Waals surface area (Å²) >= 11 is 1.61. The first-order valence-corrected chi connectivity index (χ1v) is 15.1. The van der Waals surface area contributed by atoms with E-state index in [1.807, 2.05) is 36.6 Å². The van der Waals surface area contributed by atoms with Crippen molar-refractivity contribution in [1.82, 2.24) is 5.32 Å². The number of fused-ring (bicyclic) bond motifs is 2. The Morgan fingerprint density at radius 3 is 2.05 bits per heavy atom. The van der Waals surface area contributed by atoms with Crippen LogP contribution in [0.4, 0.5) is 0 Å². The zero-order valence-corrected chi connectivity index (χ0v) is 24.7. The highest BCUT2D eigenvalue weighted by Crippen LogP contribution is 2.46. The number of carbonyl (C=O) groups excluding carboxylic acids is 3. The molecule has 0 heterocycles. The molecule has 0 saturated heterocycles. The van der Waals surface area contributed by atoms with Crippen molar-refractivity contribution in [1.29, 1.82) is 0 Å². The van der Waals surface area contributed by atoms with Crippen molar-refractivity contribution in [2.75, 3.05) is 18.6 Å².